The molecule has 0 fully saturated rings. The SMILES string of the molecule is CCCC(=O)[N]c1ccoc1. The van der Waals surface area contributed by atoms with E-state index in [0.717, 1.165) is 6.42 Å². The van der Waals surface area contributed by atoms with Crippen molar-refractivity contribution in [1.29, 1.82) is 0 Å². The highest BCUT2D eigenvalue weighted by atomic mass is 16.3. The van der Waals surface area contributed by atoms with E-state index in [-0.39, 0.29) is 5.91 Å². The number of carbonyl (C=O) groups is 1. The zero-order valence-electron chi connectivity index (χ0n) is 6.41. The van der Waals surface area contributed by atoms with Gasteiger partial charge in [0.2, 0.25) is 5.91 Å². The van der Waals surface area contributed by atoms with Crippen LogP contribution in [0.4, 0.5) is 5.69 Å². The fraction of sp³-hybridized carbons (Fsp3) is 0.375. The molecule has 11 heavy (non-hydrogen) atoms. The maximum Gasteiger partial charge on any atom is 0.246 e. The van der Waals surface area contributed by atoms with Gasteiger partial charge in [-0.3, -0.25) is 4.79 Å². The normalized spacial score (nSPS) is 9.55. The second-order valence-corrected chi connectivity index (χ2v) is 2.24. The van der Waals surface area contributed by atoms with Gasteiger partial charge in [-0.25, -0.2) is 5.32 Å². The van der Waals surface area contributed by atoms with Gasteiger partial charge in [-0.05, 0) is 6.42 Å². The highest BCUT2D eigenvalue weighted by molar-refractivity contribution is 5.80. The third-order valence-electron chi connectivity index (χ3n) is 1.22. The Labute approximate surface area is 65.4 Å². The van der Waals surface area contributed by atoms with Crippen molar-refractivity contribution in [3.63, 3.8) is 0 Å². The van der Waals surface area contributed by atoms with Crippen molar-refractivity contribution in [3.05, 3.63) is 18.6 Å². The predicted molar refractivity (Wildman–Crippen MR) is 40.4 cm³/mol. The van der Waals surface area contributed by atoms with Crippen LogP contribution in [-0.2, 0) is 4.79 Å². The Morgan fingerprint density at radius 2 is 2.55 bits per heavy atom. The van der Waals surface area contributed by atoms with E-state index in [2.05, 4.69) is 5.32 Å². The molecule has 59 valence electrons. The summed E-state index contributed by atoms with van der Waals surface area (Å²) >= 11 is 0. The Hall–Kier alpha value is -1.25. The summed E-state index contributed by atoms with van der Waals surface area (Å²) in [5.74, 6) is -0.0890. The number of hydrogen-bond donors (Lipinski definition) is 0. The van der Waals surface area contributed by atoms with Crippen LogP contribution >= 0.6 is 0 Å². The average Bonchev–Trinajstić information content (AvgIpc) is 2.40. The van der Waals surface area contributed by atoms with Crippen LogP contribution in [0.25, 0.3) is 0 Å². The first-order valence-corrected chi connectivity index (χ1v) is 3.59. The highest BCUT2D eigenvalue weighted by Gasteiger charge is 2.02. The molecule has 0 aliphatic rings. The molecular formula is C8H10NO2. The van der Waals surface area contributed by atoms with Crippen molar-refractivity contribution in [1.82, 2.24) is 5.32 Å². The molecule has 3 heteroatoms. The Balaban J connectivity index is 2.37. The molecule has 1 amide bonds. The molecule has 3 nitrogen and oxygen atoms in total. The first kappa shape index (κ1) is 7.85. The van der Waals surface area contributed by atoms with E-state index < -0.39 is 0 Å². The number of furan rings is 1. The Bertz CT molecular complexity index is 216. The maximum atomic E-state index is 10.9. The smallest absolute Gasteiger partial charge is 0.246 e. The third kappa shape index (κ3) is 2.45. The Morgan fingerprint density at radius 1 is 1.73 bits per heavy atom. The zero-order valence-corrected chi connectivity index (χ0v) is 6.41. The summed E-state index contributed by atoms with van der Waals surface area (Å²) in [5.41, 5.74) is 0.600. The summed E-state index contributed by atoms with van der Waals surface area (Å²) in [5, 5.41) is 3.78. The highest BCUT2D eigenvalue weighted by Crippen LogP contribution is 2.07. The standard InChI is InChI=1S/C8H10NO2/c1-2-3-8(10)9-7-4-5-11-6-7/h4-6H,2-3H2,1H3. The van der Waals surface area contributed by atoms with E-state index >= 15 is 0 Å². The fourth-order valence-corrected chi connectivity index (χ4v) is 0.735. The van der Waals surface area contributed by atoms with Crippen LogP contribution in [0.3, 0.4) is 0 Å². The lowest BCUT2D eigenvalue weighted by Gasteiger charge is -1.94. The third-order valence-corrected chi connectivity index (χ3v) is 1.22. The quantitative estimate of drug-likeness (QED) is 0.663. The minimum absolute atomic E-state index is 0.0890. The molecule has 0 saturated carbocycles. The number of carbonyl (C=O) groups excluding carboxylic acids is 1. The summed E-state index contributed by atoms with van der Waals surface area (Å²) in [6.07, 6.45) is 4.29. The van der Waals surface area contributed by atoms with Gasteiger partial charge in [0.15, 0.2) is 0 Å². The lowest BCUT2D eigenvalue weighted by Crippen LogP contribution is -2.08. The summed E-state index contributed by atoms with van der Waals surface area (Å²) in [7, 11) is 0. The maximum absolute atomic E-state index is 10.9. The molecule has 0 bridgehead atoms. The van der Waals surface area contributed by atoms with Gasteiger partial charge in [-0.15, -0.1) is 0 Å². The van der Waals surface area contributed by atoms with Gasteiger partial charge in [0, 0.05) is 12.5 Å². The van der Waals surface area contributed by atoms with Gasteiger partial charge in [0.1, 0.15) is 12.0 Å². The Kier molecular flexibility index (Phi) is 2.72. The molecule has 1 rings (SSSR count). The van der Waals surface area contributed by atoms with Crippen LogP contribution in [0.2, 0.25) is 0 Å². The van der Waals surface area contributed by atoms with E-state index in [9.17, 15) is 4.79 Å². The molecule has 0 unspecified atom stereocenters. The van der Waals surface area contributed by atoms with Crippen molar-refractivity contribution in [2.45, 2.75) is 19.8 Å². The minimum atomic E-state index is -0.0890. The van der Waals surface area contributed by atoms with Gasteiger partial charge < -0.3 is 4.42 Å². The summed E-state index contributed by atoms with van der Waals surface area (Å²) in [6, 6.07) is 1.66. The second-order valence-electron chi connectivity index (χ2n) is 2.24. The zero-order chi connectivity index (χ0) is 8.10. The molecule has 0 aromatic carbocycles. The van der Waals surface area contributed by atoms with E-state index in [4.69, 9.17) is 4.42 Å². The predicted octanol–water partition coefficient (Wildman–Crippen LogP) is 1.84. The lowest BCUT2D eigenvalue weighted by molar-refractivity contribution is -0.120. The summed E-state index contributed by atoms with van der Waals surface area (Å²) in [6.45, 7) is 1.95. The first-order valence-electron chi connectivity index (χ1n) is 3.59. The van der Waals surface area contributed by atoms with E-state index in [1.54, 1.807) is 6.07 Å². The molecule has 1 heterocycles. The van der Waals surface area contributed by atoms with Crippen molar-refractivity contribution in [2.75, 3.05) is 0 Å². The second kappa shape index (κ2) is 3.81. The number of amides is 1. The fourth-order valence-electron chi connectivity index (χ4n) is 0.735. The molecular weight excluding hydrogens is 142 g/mol. The van der Waals surface area contributed by atoms with Gasteiger partial charge in [-0.1, -0.05) is 6.92 Å². The Morgan fingerprint density at radius 3 is 3.09 bits per heavy atom. The monoisotopic (exact) mass is 152 g/mol. The molecule has 0 aliphatic heterocycles. The van der Waals surface area contributed by atoms with Crippen LogP contribution in [0.15, 0.2) is 23.0 Å². The number of rotatable bonds is 3. The van der Waals surface area contributed by atoms with Crippen LogP contribution < -0.4 is 5.32 Å². The van der Waals surface area contributed by atoms with Crippen LogP contribution in [0, 0.1) is 0 Å². The number of nitrogens with zero attached hydrogens (tertiary/aromatic N) is 1. The number of hydrogen-bond acceptors (Lipinski definition) is 2. The van der Waals surface area contributed by atoms with Gasteiger partial charge >= 0.3 is 0 Å². The van der Waals surface area contributed by atoms with Crippen molar-refractivity contribution < 1.29 is 9.21 Å². The van der Waals surface area contributed by atoms with Crippen LogP contribution in [0.5, 0.6) is 0 Å². The van der Waals surface area contributed by atoms with E-state index in [0.29, 0.717) is 12.1 Å². The topological polar surface area (TPSA) is 44.3 Å². The average molecular weight is 152 g/mol. The molecule has 1 radical (unpaired) electrons. The largest absolute Gasteiger partial charge is 0.470 e. The molecule has 0 aliphatic carbocycles. The van der Waals surface area contributed by atoms with E-state index in [1.165, 1.54) is 12.5 Å². The van der Waals surface area contributed by atoms with Gasteiger partial charge in [0.05, 0.1) is 6.26 Å². The van der Waals surface area contributed by atoms with Crippen LogP contribution in [-0.4, -0.2) is 5.91 Å². The first-order chi connectivity index (χ1) is 5.33. The molecule has 0 atom stereocenters. The minimum Gasteiger partial charge on any atom is -0.470 e. The van der Waals surface area contributed by atoms with Crippen molar-refractivity contribution >= 4 is 11.6 Å². The molecule has 0 N–H and O–H groups in total. The molecule has 1 aromatic rings. The molecule has 0 spiro atoms. The van der Waals surface area contributed by atoms with Gasteiger partial charge in [-0.2, -0.15) is 0 Å². The lowest BCUT2D eigenvalue weighted by atomic mass is 10.3. The van der Waals surface area contributed by atoms with E-state index in [1.807, 2.05) is 6.92 Å². The van der Waals surface area contributed by atoms with Crippen LogP contribution in [0.1, 0.15) is 19.8 Å². The molecule has 1 aromatic heterocycles. The van der Waals surface area contributed by atoms with Crippen molar-refractivity contribution in [2.24, 2.45) is 0 Å². The van der Waals surface area contributed by atoms with Crippen molar-refractivity contribution in [3.8, 4) is 0 Å². The summed E-state index contributed by atoms with van der Waals surface area (Å²) < 4.78 is 4.75. The summed E-state index contributed by atoms with van der Waals surface area (Å²) in [4.78, 5) is 10.9. The van der Waals surface area contributed by atoms with Gasteiger partial charge in [0.25, 0.3) is 0 Å². The molecule has 0 saturated heterocycles.